The van der Waals surface area contributed by atoms with Crippen molar-refractivity contribution in [1.82, 2.24) is 9.97 Å². The Morgan fingerprint density at radius 3 is 2.21 bits per heavy atom. The van der Waals surface area contributed by atoms with Gasteiger partial charge in [0.05, 0.1) is 0 Å². The molecular formula is C20H25N5O2S2. The maximum atomic E-state index is 12.4. The van der Waals surface area contributed by atoms with E-state index in [1.807, 2.05) is 32.0 Å². The predicted molar refractivity (Wildman–Crippen MR) is 120 cm³/mol. The monoisotopic (exact) mass is 431 g/mol. The molecule has 0 saturated heterocycles. The maximum absolute atomic E-state index is 12.4. The van der Waals surface area contributed by atoms with Gasteiger partial charge in [0.1, 0.15) is 21.7 Å². The third kappa shape index (κ3) is 5.24. The number of nitrogens with one attached hydrogen (secondary N) is 2. The zero-order chi connectivity index (χ0) is 21.0. The fraction of sp³-hybridized carbons (Fsp3) is 0.300. The highest BCUT2D eigenvalue weighted by Crippen LogP contribution is 2.25. The highest BCUT2D eigenvalue weighted by atomic mass is 32.2. The Morgan fingerprint density at radius 2 is 1.62 bits per heavy atom. The summed E-state index contributed by atoms with van der Waals surface area (Å²) in [6.07, 6.45) is 0. The van der Waals surface area contributed by atoms with Gasteiger partial charge >= 0.3 is 0 Å². The minimum atomic E-state index is -3.57. The van der Waals surface area contributed by atoms with E-state index in [0.29, 0.717) is 21.5 Å². The van der Waals surface area contributed by atoms with Gasteiger partial charge in [-0.05, 0) is 64.1 Å². The lowest BCUT2D eigenvalue weighted by Crippen LogP contribution is -2.23. The summed E-state index contributed by atoms with van der Waals surface area (Å²) in [5.74, 6) is 2.26. The molecule has 0 fully saturated rings. The average Bonchev–Trinajstić information content (AvgIpc) is 3.11. The Morgan fingerprint density at radius 1 is 0.966 bits per heavy atom. The number of thiophene rings is 1. The van der Waals surface area contributed by atoms with Gasteiger partial charge in [-0.2, -0.15) is 0 Å². The van der Waals surface area contributed by atoms with E-state index in [1.165, 1.54) is 11.3 Å². The molecule has 2 N–H and O–H groups in total. The first-order chi connectivity index (χ1) is 13.8. The van der Waals surface area contributed by atoms with Crippen molar-refractivity contribution in [3.05, 3.63) is 53.2 Å². The van der Waals surface area contributed by atoms with Crippen LogP contribution in [0.1, 0.15) is 24.5 Å². The number of anilines is 4. The molecule has 2 heterocycles. The first-order valence-electron chi connectivity index (χ1n) is 9.37. The summed E-state index contributed by atoms with van der Waals surface area (Å²) in [6, 6.07) is 12.4. The van der Waals surface area contributed by atoms with Crippen LogP contribution in [0.5, 0.6) is 0 Å². The second kappa shape index (κ2) is 8.79. The first-order valence-corrected chi connectivity index (χ1v) is 11.7. The minimum Gasteiger partial charge on any atom is -0.357 e. The number of benzene rings is 1. The Labute approximate surface area is 175 Å². The van der Waals surface area contributed by atoms with Crippen molar-refractivity contribution in [1.29, 1.82) is 0 Å². The van der Waals surface area contributed by atoms with Crippen LogP contribution in [0.15, 0.2) is 46.7 Å². The topological polar surface area (TPSA) is 87.2 Å². The first kappa shape index (κ1) is 21.1. The normalized spacial score (nSPS) is 11.3. The average molecular weight is 432 g/mol. The summed E-state index contributed by atoms with van der Waals surface area (Å²) in [5.41, 5.74) is 1.31. The van der Waals surface area contributed by atoms with Crippen LogP contribution in [-0.4, -0.2) is 31.5 Å². The lowest BCUT2D eigenvalue weighted by molar-refractivity contribution is 0.603. The Balaban J connectivity index is 1.74. The Kier molecular flexibility index (Phi) is 6.39. The van der Waals surface area contributed by atoms with Crippen LogP contribution >= 0.6 is 11.3 Å². The van der Waals surface area contributed by atoms with Crippen molar-refractivity contribution in [3.8, 4) is 0 Å². The van der Waals surface area contributed by atoms with Crippen LogP contribution < -0.4 is 14.9 Å². The van der Waals surface area contributed by atoms with Gasteiger partial charge in [-0.3, -0.25) is 4.72 Å². The molecule has 0 atom stereocenters. The van der Waals surface area contributed by atoms with E-state index in [9.17, 15) is 8.42 Å². The molecule has 2 aromatic heterocycles. The molecule has 154 valence electrons. The number of hydrogen-bond donors (Lipinski definition) is 2. The maximum Gasteiger partial charge on any atom is 0.271 e. The van der Waals surface area contributed by atoms with Crippen LogP contribution in [0.4, 0.5) is 23.0 Å². The van der Waals surface area contributed by atoms with Crippen LogP contribution in [0, 0.1) is 13.8 Å². The predicted octanol–water partition coefficient (Wildman–Crippen LogP) is 4.55. The Hall–Kier alpha value is -2.65. The largest absolute Gasteiger partial charge is 0.357 e. The van der Waals surface area contributed by atoms with Gasteiger partial charge in [-0.15, -0.1) is 11.3 Å². The van der Waals surface area contributed by atoms with E-state index in [4.69, 9.17) is 0 Å². The van der Waals surface area contributed by atoms with Gasteiger partial charge < -0.3 is 10.2 Å². The summed E-state index contributed by atoms with van der Waals surface area (Å²) in [6.45, 7) is 9.65. The van der Waals surface area contributed by atoms with Crippen LogP contribution in [0.2, 0.25) is 0 Å². The molecule has 0 saturated carbocycles. The molecule has 0 aliphatic carbocycles. The van der Waals surface area contributed by atoms with Crippen molar-refractivity contribution >= 4 is 44.4 Å². The van der Waals surface area contributed by atoms with Crippen molar-refractivity contribution in [3.63, 3.8) is 0 Å². The molecule has 1 aromatic carbocycles. The van der Waals surface area contributed by atoms with Gasteiger partial charge in [0.2, 0.25) is 0 Å². The molecule has 29 heavy (non-hydrogen) atoms. The van der Waals surface area contributed by atoms with Crippen LogP contribution in [-0.2, 0) is 10.0 Å². The lowest BCUT2D eigenvalue weighted by Gasteiger charge is -2.20. The van der Waals surface area contributed by atoms with E-state index in [-0.39, 0.29) is 0 Å². The highest BCUT2D eigenvalue weighted by Gasteiger charge is 2.16. The van der Waals surface area contributed by atoms with Crippen molar-refractivity contribution < 1.29 is 8.42 Å². The second-order valence-corrected chi connectivity index (χ2v) is 9.70. The molecule has 0 aliphatic heterocycles. The molecular weight excluding hydrogens is 406 g/mol. The third-order valence-electron chi connectivity index (χ3n) is 4.30. The number of rotatable bonds is 8. The van der Waals surface area contributed by atoms with E-state index in [2.05, 4.69) is 38.8 Å². The van der Waals surface area contributed by atoms with Gasteiger partial charge in [0.25, 0.3) is 10.0 Å². The SMILES string of the molecule is CCN(CC)c1cc(Nc2ccc(NS(=O)(=O)c3ccc(C)s3)cc2)nc(C)n1. The van der Waals surface area contributed by atoms with Crippen LogP contribution in [0.3, 0.4) is 0 Å². The van der Waals surface area contributed by atoms with E-state index in [0.717, 1.165) is 29.5 Å². The van der Waals surface area contributed by atoms with E-state index in [1.54, 1.807) is 24.3 Å². The fourth-order valence-electron chi connectivity index (χ4n) is 2.86. The number of aryl methyl sites for hydroxylation is 2. The highest BCUT2D eigenvalue weighted by molar-refractivity contribution is 7.94. The number of sulfonamides is 1. The van der Waals surface area contributed by atoms with Gasteiger partial charge in [0.15, 0.2) is 0 Å². The summed E-state index contributed by atoms with van der Waals surface area (Å²) < 4.78 is 27.8. The summed E-state index contributed by atoms with van der Waals surface area (Å²) in [7, 11) is -3.57. The zero-order valence-corrected chi connectivity index (χ0v) is 18.6. The molecule has 0 bridgehead atoms. The molecule has 0 spiro atoms. The second-order valence-electron chi connectivity index (χ2n) is 6.50. The number of aromatic nitrogens is 2. The van der Waals surface area contributed by atoms with Crippen LogP contribution in [0.25, 0.3) is 0 Å². The lowest BCUT2D eigenvalue weighted by atomic mass is 10.3. The van der Waals surface area contributed by atoms with Gasteiger partial charge in [-0.1, -0.05) is 0 Å². The standard InChI is InChI=1S/C20H25N5O2S2/c1-5-25(6-2)19-13-18(21-15(4)22-19)23-16-8-10-17(11-9-16)24-29(26,27)20-12-7-14(3)28-20/h7-13,24H,5-6H2,1-4H3,(H,21,22,23). The molecule has 0 unspecified atom stereocenters. The molecule has 3 rings (SSSR count). The third-order valence-corrected chi connectivity index (χ3v) is 7.18. The Bertz CT molecular complexity index is 1070. The molecule has 7 nitrogen and oxygen atoms in total. The summed E-state index contributed by atoms with van der Waals surface area (Å²) >= 11 is 1.25. The van der Waals surface area contributed by atoms with Gasteiger partial charge in [-0.25, -0.2) is 18.4 Å². The molecule has 3 aromatic rings. The molecule has 0 amide bonds. The van der Waals surface area contributed by atoms with Crippen molar-refractivity contribution in [2.45, 2.75) is 31.9 Å². The fourth-order valence-corrected chi connectivity index (χ4v) is 5.20. The summed E-state index contributed by atoms with van der Waals surface area (Å²) in [5, 5.41) is 3.26. The minimum absolute atomic E-state index is 0.303. The molecule has 0 radical (unpaired) electrons. The summed E-state index contributed by atoms with van der Waals surface area (Å²) in [4.78, 5) is 12.1. The van der Waals surface area contributed by atoms with E-state index >= 15 is 0 Å². The van der Waals surface area contributed by atoms with Gasteiger partial charge in [0, 0.05) is 35.4 Å². The molecule has 9 heteroatoms. The quantitative estimate of drug-likeness (QED) is 0.544. The van der Waals surface area contributed by atoms with E-state index < -0.39 is 10.0 Å². The number of hydrogen-bond acceptors (Lipinski definition) is 7. The van der Waals surface area contributed by atoms with Crippen molar-refractivity contribution in [2.24, 2.45) is 0 Å². The van der Waals surface area contributed by atoms with Crippen molar-refractivity contribution in [2.75, 3.05) is 28.0 Å². The number of nitrogens with zero attached hydrogens (tertiary/aromatic N) is 3. The smallest absolute Gasteiger partial charge is 0.271 e. The zero-order valence-electron chi connectivity index (χ0n) is 16.9. The molecule has 0 aliphatic rings.